The topological polar surface area (TPSA) is 63.2 Å². The van der Waals surface area contributed by atoms with Crippen LogP contribution in [0.25, 0.3) is 0 Å². The van der Waals surface area contributed by atoms with Crippen molar-refractivity contribution in [2.45, 2.75) is 19.0 Å². The molecule has 1 aromatic rings. The first-order chi connectivity index (χ1) is 9.94. The molecule has 1 fully saturated rings. The average molecular weight is 326 g/mol. The zero-order chi connectivity index (χ0) is 15.3. The normalized spacial score (nSPS) is 16.1. The molecule has 118 valence electrons. The van der Waals surface area contributed by atoms with Crippen molar-refractivity contribution in [3.63, 3.8) is 0 Å². The Labute approximate surface area is 124 Å². The third-order valence-electron chi connectivity index (χ3n) is 2.81. The molecular weight excluding hydrogens is 311 g/mol. The Hall–Kier alpha value is -1.35. The third-order valence-corrected chi connectivity index (χ3v) is 2.98. The van der Waals surface area contributed by atoms with Crippen LogP contribution in [0, 0.1) is 0 Å². The molecule has 21 heavy (non-hydrogen) atoms. The van der Waals surface area contributed by atoms with Crippen LogP contribution in [0.3, 0.4) is 0 Å². The SMILES string of the molecule is FC(F)(F)CCCNc1nc(Cl)nc(N2CCOCC2)n1. The molecule has 0 radical (unpaired) electrons. The van der Waals surface area contributed by atoms with Crippen LogP contribution >= 0.6 is 11.6 Å². The maximum absolute atomic E-state index is 12.0. The van der Waals surface area contributed by atoms with E-state index in [1.54, 1.807) is 0 Å². The first-order valence-corrected chi connectivity index (χ1v) is 6.87. The van der Waals surface area contributed by atoms with Crippen molar-refractivity contribution in [3.05, 3.63) is 5.28 Å². The predicted octanol–water partition coefficient (Wildman–Crippen LogP) is 2.12. The first-order valence-electron chi connectivity index (χ1n) is 6.49. The lowest BCUT2D eigenvalue weighted by Gasteiger charge is -2.26. The number of aromatic nitrogens is 3. The largest absolute Gasteiger partial charge is 0.389 e. The molecule has 0 bridgehead atoms. The van der Waals surface area contributed by atoms with Gasteiger partial charge in [-0.15, -0.1) is 0 Å². The monoisotopic (exact) mass is 325 g/mol. The highest BCUT2D eigenvalue weighted by Gasteiger charge is 2.26. The number of ether oxygens (including phenoxy) is 1. The summed E-state index contributed by atoms with van der Waals surface area (Å²) in [6.07, 6.45) is -5.06. The molecule has 0 atom stereocenters. The second-order valence-electron chi connectivity index (χ2n) is 4.47. The zero-order valence-electron chi connectivity index (χ0n) is 11.2. The van der Waals surface area contributed by atoms with Gasteiger partial charge in [-0.05, 0) is 18.0 Å². The standard InChI is InChI=1S/C11H15ClF3N5O/c12-8-17-9(16-3-1-2-11(13,14)15)19-10(18-8)20-4-6-21-7-5-20/h1-7H2,(H,16,17,18,19). The van der Waals surface area contributed by atoms with Crippen molar-refractivity contribution < 1.29 is 17.9 Å². The molecule has 2 rings (SSSR count). The molecule has 1 aromatic heterocycles. The molecule has 0 aromatic carbocycles. The second kappa shape index (κ2) is 7.08. The molecule has 2 heterocycles. The van der Waals surface area contributed by atoms with Crippen molar-refractivity contribution in [1.82, 2.24) is 15.0 Å². The van der Waals surface area contributed by atoms with Crippen LogP contribution in [0.5, 0.6) is 0 Å². The van der Waals surface area contributed by atoms with Gasteiger partial charge in [0.15, 0.2) is 0 Å². The summed E-state index contributed by atoms with van der Waals surface area (Å²) in [5.74, 6) is 0.579. The molecular formula is C11H15ClF3N5O. The van der Waals surface area contributed by atoms with E-state index >= 15 is 0 Å². The number of nitrogens with zero attached hydrogens (tertiary/aromatic N) is 4. The minimum Gasteiger partial charge on any atom is -0.378 e. The van der Waals surface area contributed by atoms with Gasteiger partial charge in [-0.3, -0.25) is 0 Å². The predicted molar refractivity (Wildman–Crippen MR) is 71.6 cm³/mol. The van der Waals surface area contributed by atoms with Crippen LogP contribution in [-0.4, -0.2) is 54.0 Å². The van der Waals surface area contributed by atoms with Gasteiger partial charge < -0.3 is 15.0 Å². The quantitative estimate of drug-likeness (QED) is 0.837. The summed E-state index contributed by atoms with van der Waals surface area (Å²) in [5, 5.41) is 2.74. The zero-order valence-corrected chi connectivity index (χ0v) is 11.9. The van der Waals surface area contributed by atoms with Crippen LogP contribution < -0.4 is 10.2 Å². The Balaban J connectivity index is 1.92. The molecule has 0 saturated carbocycles. The molecule has 10 heteroatoms. The lowest BCUT2D eigenvalue weighted by molar-refractivity contribution is -0.134. The maximum Gasteiger partial charge on any atom is 0.389 e. The van der Waals surface area contributed by atoms with Crippen LogP contribution in [0.2, 0.25) is 5.28 Å². The summed E-state index contributed by atoms with van der Waals surface area (Å²) in [6.45, 7) is 2.51. The van der Waals surface area contributed by atoms with E-state index in [0.717, 1.165) is 0 Å². The minimum absolute atomic E-state index is 0.00446. The Morgan fingerprint density at radius 3 is 2.57 bits per heavy atom. The van der Waals surface area contributed by atoms with E-state index in [9.17, 15) is 13.2 Å². The fourth-order valence-corrected chi connectivity index (χ4v) is 1.97. The van der Waals surface area contributed by atoms with Gasteiger partial charge in [-0.25, -0.2) is 0 Å². The molecule has 6 nitrogen and oxygen atoms in total. The van der Waals surface area contributed by atoms with Crippen molar-refractivity contribution in [2.24, 2.45) is 0 Å². The summed E-state index contributed by atoms with van der Waals surface area (Å²) >= 11 is 5.81. The van der Waals surface area contributed by atoms with E-state index in [2.05, 4.69) is 20.3 Å². The molecule has 1 N–H and O–H groups in total. The summed E-state index contributed by atoms with van der Waals surface area (Å²) < 4.78 is 41.4. The van der Waals surface area contributed by atoms with Crippen LogP contribution in [0.15, 0.2) is 0 Å². The smallest absolute Gasteiger partial charge is 0.378 e. The van der Waals surface area contributed by atoms with E-state index in [4.69, 9.17) is 16.3 Å². The van der Waals surface area contributed by atoms with Gasteiger partial charge >= 0.3 is 6.18 Å². The van der Waals surface area contributed by atoms with Crippen LogP contribution in [0.1, 0.15) is 12.8 Å². The number of morpholine rings is 1. The van der Waals surface area contributed by atoms with E-state index in [-0.39, 0.29) is 24.2 Å². The van der Waals surface area contributed by atoms with Gasteiger partial charge in [-0.2, -0.15) is 28.1 Å². The summed E-state index contributed by atoms with van der Waals surface area (Å²) in [6, 6.07) is 0. The fourth-order valence-electron chi connectivity index (χ4n) is 1.81. The molecule has 1 saturated heterocycles. The number of hydrogen-bond donors (Lipinski definition) is 1. The van der Waals surface area contributed by atoms with Crippen LogP contribution in [-0.2, 0) is 4.74 Å². The van der Waals surface area contributed by atoms with Crippen molar-refractivity contribution >= 4 is 23.5 Å². The molecule has 0 unspecified atom stereocenters. The van der Waals surface area contributed by atoms with Gasteiger partial charge in [0.2, 0.25) is 17.2 Å². The Bertz CT molecular complexity index is 468. The van der Waals surface area contributed by atoms with Gasteiger partial charge in [0.1, 0.15) is 0 Å². The Kier molecular flexibility index (Phi) is 5.40. The number of nitrogens with one attached hydrogen (secondary N) is 1. The minimum atomic E-state index is -4.16. The lowest BCUT2D eigenvalue weighted by atomic mass is 10.3. The van der Waals surface area contributed by atoms with E-state index < -0.39 is 12.6 Å². The molecule has 0 aliphatic carbocycles. The number of rotatable bonds is 5. The highest BCUT2D eigenvalue weighted by molar-refractivity contribution is 6.28. The van der Waals surface area contributed by atoms with Gasteiger partial charge in [0.05, 0.1) is 13.2 Å². The van der Waals surface area contributed by atoms with Crippen molar-refractivity contribution in [1.29, 1.82) is 0 Å². The second-order valence-corrected chi connectivity index (χ2v) is 4.81. The fraction of sp³-hybridized carbons (Fsp3) is 0.727. The molecule has 0 amide bonds. The summed E-state index contributed by atoms with van der Waals surface area (Å²) in [7, 11) is 0. The third kappa shape index (κ3) is 5.50. The number of anilines is 2. The number of halogens is 4. The van der Waals surface area contributed by atoms with E-state index in [1.807, 2.05) is 4.90 Å². The van der Waals surface area contributed by atoms with Crippen LogP contribution in [0.4, 0.5) is 25.1 Å². The molecule has 0 spiro atoms. The Morgan fingerprint density at radius 1 is 1.19 bits per heavy atom. The highest BCUT2D eigenvalue weighted by atomic mass is 35.5. The number of alkyl halides is 3. The Morgan fingerprint density at radius 2 is 1.90 bits per heavy atom. The molecule has 1 aliphatic heterocycles. The van der Waals surface area contributed by atoms with Gasteiger partial charge in [0, 0.05) is 26.1 Å². The summed E-state index contributed by atoms with van der Waals surface area (Å²) in [5.41, 5.74) is 0. The van der Waals surface area contributed by atoms with Gasteiger partial charge in [-0.1, -0.05) is 0 Å². The number of hydrogen-bond acceptors (Lipinski definition) is 6. The lowest BCUT2D eigenvalue weighted by Crippen LogP contribution is -2.37. The average Bonchev–Trinajstić information content (AvgIpc) is 2.43. The van der Waals surface area contributed by atoms with E-state index in [1.165, 1.54) is 0 Å². The summed E-state index contributed by atoms with van der Waals surface area (Å²) in [4.78, 5) is 13.9. The maximum atomic E-state index is 12.0. The van der Waals surface area contributed by atoms with Gasteiger partial charge in [0.25, 0.3) is 0 Å². The molecule has 1 aliphatic rings. The highest BCUT2D eigenvalue weighted by Crippen LogP contribution is 2.21. The van der Waals surface area contributed by atoms with Crippen molar-refractivity contribution in [3.8, 4) is 0 Å². The van der Waals surface area contributed by atoms with Crippen molar-refractivity contribution in [2.75, 3.05) is 43.1 Å². The first kappa shape index (κ1) is 16.0. The van der Waals surface area contributed by atoms with E-state index in [0.29, 0.717) is 32.3 Å².